The minimum absolute atomic E-state index is 0.418. The maximum absolute atomic E-state index is 10.9. The molecular formula is C9H10N4O. The second-order valence-electron chi connectivity index (χ2n) is 3.10. The van der Waals surface area contributed by atoms with Crippen molar-refractivity contribution in [2.24, 2.45) is 12.8 Å². The molecule has 0 radical (unpaired) electrons. The number of fused-ring (bicyclic) bond motifs is 1. The zero-order chi connectivity index (χ0) is 10.3. The van der Waals surface area contributed by atoms with E-state index in [0.717, 1.165) is 5.52 Å². The van der Waals surface area contributed by atoms with Crippen LogP contribution in [0.4, 0.5) is 5.95 Å². The number of nitrogens with two attached hydrogens (primary N) is 2. The third-order valence-electron chi connectivity index (χ3n) is 2.20. The molecule has 0 saturated heterocycles. The SMILES string of the molecule is Cn1c(N)nc2cc(C(N)=O)ccc21. The Kier molecular flexibility index (Phi) is 1.67. The van der Waals surface area contributed by atoms with Crippen LogP contribution < -0.4 is 11.5 Å². The number of hydrogen-bond acceptors (Lipinski definition) is 3. The van der Waals surface area contributed by atoms with E-state index >= 15 is 0 Å². The van der Waals surface area contributed by atoms with Crippen LogP contribution in [0, 0.1) is 0 Å². The number of carbonyl (C=O) groups excluding carboxylic acids is 1. The van der Waals surface area contributed by atoms with Gasteiger partial charge in [-0.15, -0.1) is 0 Å². The second-order valence-corrected chi connectivity index (χ2v) is 3.10. The Balaban J connectivity index is 2.73. The van der Waals surface area contributed by atoms with Gasteiger partial charge in [0.05, 0.1) is 11.0 Å². The van der Waals surface area contributed by atoms with Gasteiger partial charge in [0.2, 0.25) is 11.9 Å². The molecule has 5 heteroatoms. The number of amides is 1. The highest BCUT2D eigenvalue weighted by molar-refractivity contribution is 5.96. The van der Waals surface area contributed by atoms with Gasteiger partial charge in [-0.1, -0.05) is 0 Å². The lowest BCUT2D eigenvalue weighted by molar-refractivity contribution is 0.100. The highest BCUT2D eigenvalue weighted by Crippen LogP contribution is 2.17. The van der Waals surface area contributed by atoms with Crippen LogP contribution in [0.5, 0.6) is 0 Å². The molecule has 1 heterocycles. The van der Waals surface area contributed by atoms with Gasteiger partial charge in [0.1, 0.15) is 0 Å². The molecule has 5 nitrogen and oxygen atoms in total. The second kappa shape index (κ2) is 2.73. The summed E-state index contributed by atoms with van der Waals surface area (Å²) in [4.78, 5) is 15.0. The lowest BCUT2D eigenvalue weighted by atomic mass is 10.2. The zero-order valence-electron chi connectivity index (χ0n) is 7.69. The summed E-state index contributed by atoms with van der Waals surface area (Å²) >= 11 is 0. The molecule has 0 spiro atoms. The van der Waals surface area contributed by atoms with Crippen molar-refractivity contribution in [2.75, 3.05) is 5.73 Å². The first-order valence-corrected chi connectivity index (χ1v) is 4.11. The fourth-order valence-electron chi connectivity index (χ4n) is 1.37. The monoisotopic (exact) mass is 190 g/mol. The molecule has 14 heavy (non-hydrogen) atoms. The number of primary amides is 1. The van der Waals surface area contributed by atoms with Gasteiger partial charge in [0, 0.05) is 12.6 Å². The third-order valence-corrected chi connectivity index (χ3v) is 2.20. The number of imidazole rings is 1. The standard InChI is InChI=1S/C9H10N4O/c1-13-7-3-2-5(8(10)14)4-6(7)12-9(13)11/h2-4H,1H3,(H2,10,14)(H2,11,12). The maximum atomic E-state index is 10.9. The van der Waals surface area contributed by atoms with Gasteiger partial charge in [-0.3, -0.25) is 4.79 Å². The quantitative estimate of drug-likeness (QED) is 0.675. The molecule has 1 amide bonds. The Morgan fingerprint density at radius 1 is 1.50 bits per heavy atom. The molecule has 0 unspecified atom stereocenters. The van der Waals surface area contributed by atoms with Crippen LogP contribution in [0.15, 0.2) is 18.2 Å². The van der Waals surface area contributed by atoms with Crippen LogP contribution in [0.25, 0.3) is 11.0 Å². The minimum Gasteiger partial charge on any atom is -0.369 e. The van der Waals surface area contributed by atoms with Gasteiger partial charge in [0.15, 0.2) is 0 Å². The largest absolute Gasteiger partial charge is 0.369 e. The number of aryl methyl sites for hydroxylation is 1. The zero-order valence-corrected chi connectivity index (χ0v) is 7.69. The van der Waals surface area contributed by atoms with Crippen LogP contribution >= 0.6 is 0 Å². The number of hydrogen-bond donors (Lipinski definition) is 2. The van der Waals surface area contributed by atoms with Crippen LogP contribution in [-0.2, 0) is 7.05 Å². The summed E-state index contributed by atoms with van der Waals surface area (Å²) in [7, 11) is 1.81. The molecule has 72 valence electrons. The fraction of sp³-hybridized carbons (Fsp3) is 0.111. The molecule has 0 aliphatic heterocycles. The Morgan fingerprint density at radius 2 is 2.21 bits per heavy atom. The van der Waals surface area contributed by atoms with Crippen LogP contribution in [0.2, 0.25) is 0 Å². The van der Waals surface area contributed by atoms with E-state index in [1.54, 1.807) is 22.8 Å². The molecule has 0 atom stereocenters. The molecule has 0 fully saturated rings. The Labute approximate surface area is 80.3 Å². The number of anilines is 1. The van der Waals surface area contributed by atoms with Crippen molar-refractivity contribution < 1.29 is 4.79 Å². The molecule has 1 aromatic heterocycles. The van der Waals surface area contributed by atoms with Crippen molar-refractivity contribution in [1.29, 1.82) is 0 Å². The van der Waals surface area contributed by atoms with Crippen molar-refractivity contribution in [2.45, 2.75) is 0 Å². The number of carbonyl (C=O) groups is 1. The Hall–Kier alpha value is -2.04. The summed E-state index contributed by atoms with van der Waals surface area (Å²) in [5.41, 5.74) is 12.8. The van der Waals surface area contributed by atoms with E-state index in [4.69, 9.17) is 11.5 Å². The highest BCUT2D eigenvalue weighted by Gasteiger charge is 2.07. The van der Waals surface area contributed by atoms with E-state index in [1.807, 2.05) is 7.05 Å². The minimum atomic E-state index is -0.462. The third kappa shape index (κ3) is 1.10. The van der Waals surface area contributed by atoms with Gasteiger partial charge < -0.3 is 16.0 Å². The Morgan fingerprint density at radius 3 is 2.86 bits per heavy atom. The average molecular weight is 190 g/mol. The van der Waals surface area contributed by atoms with Crippen molar-refractivity contribution in [1.82, 2.24) is 9.55 Å². The summed E-state index contributed by atoms with van der Waals surface area (Å²) in [6.07, 6.45) is 0. The lowest BCUT2D eigenvalue weighted by Gasteiger charge is -1.97. The molecule has 1 aromatic carbocycles. The fourth-order valence-corrected chi connectivity index (χ4v) is 1.37. The van der Waals surface area contributed by atoms with Gasteiger partial charge in [-0.05, 0) is 18.2 Å². The molecule has 0 aliphatic rings. The van der Waals surface area contributed by atoms with Crippen molar-refractivity contribution in [3.63, 3.8) is 0 Å². The van der Waals surface area contributed by atoms with E-state index in [-0.39, 0.29) is 0 Å². The summed E-state index contributed by atoms with van der Waals surface area (Å²) < 4.78 is 1.75. The van der Waals surface area contributed by atoms with Crippen molar-refractivity contribution >= 4 is 22.9 Å². The van der Waals surface area contributed by atoms with Gasteiger partial charge in [0.25, 0.3) is 0 Å². The molecule has 2 aromatic rings. The first-order chi connectivity index (χ1) is 6.59. The predicted octanol–water partition coefficient (Wildman–Crippen LogP) is 0.254. The van der Waals surface area contributed by atoms with E-state index in [0.29, 0.717) is 17.0 Å². The maximum Gasteiger partial charge on any atom is 0.248 e. The summed E-state index contributed by atoms with van der Waals surface area (Å²) in [5, 5.41) is 0. The molecular weight excluding hydrogens is 180 g/mol. The van der Waals surface area contributed by atoms with Crippen LogP contribution in [0.3, 0.4) is 0 Å². The van der Waals surface area contributed by atoms with Gasteiger partial charge in [-0.2, -0.15) is 0 Å². The van der Waals surface area contributed by atoms with Gasteiger partial charge in [-0.25, -0.2) is 4.98 Å². The smallest absolute Gasteiger partial charge is 0.248 e. The first kappa shape index (κ1) is 8.55. The summed E-state index contributed by atoms with van der Waals surface area (Å²) in [6, 6.07) is 5.07. The molecule has 2 rings (SSSR count). The van der Waals surface area contributed by atoms with Crippen LogP contribution in [-0.4, -0.2) is 15.5 Å². The van der Waals surface area contributed by atoms with E-state index in [1.165, 1.54) is 0 Å². The molecule has 4 N–H and O–H groups in total. The van der Waals surface area contributed by atoms with E-state index < -0.39 is 5.91 Å². The molecule has 0 bridgehead atoms. The van der Waals surface area contributed by atoms with Crippen molar-refractivity contribution in [3.8, 4) is 0 Å². The predicted molar refractivity (Wildman–Crippen MR) is 53.6 cm³/mol. The number of nitrogen functional groups attached to an aromatic ring is 1. The highest BCUT2D eigenvalue weighted by atomic mass is 16.1. The number of aromatic nitrogens is 2. The number of rotatable bonds is 1. The number of benzene rings is 1. The van der Waals surface area contributed by atoms with Crippen LogP contribution in [0.1, 0.15) is 10.4 Å². The average Bonchev–Trinajstić information content (AvgIpc) is 2.42. The van der Waals surface area contributed by atoms with E-state index in [9.17, 15) is 4.79 Å². The van der Waals surface area contributed by atoms with E-state index in [2.05, 4.69) is 4.98 Å². The van der Waals surface area contributed by atoms with Crippen molar-refractivity contribution in [3.05, 3.63) is 23.8 Å². The summed E-state index contributed by atoms with van der Waals surface area (Å²) in [6.45, 7) is 0. The molecule has 0 saturated carbocycles. The lowest BCUT2D eigenvalue weighted by Crippen LogP contribution is -2.10. The Bertz CT molecular complexity index is 515. The number of nitrogens with zero attached hydrogens (tertiary/aromatic N) is 2. The summed E-state index contributed by atoms with van der Waals surface area (Å²) in [5.74, 6) is -0.0438. The topological polar surface area (TPSA) is 86.9 Å². The normalized spacial score (nSPS) is 10.6. The first-order valence-electron chi connectivity index (χ1n) is 4.11. The van der Waals surface area contributed by atoms with Gasteiger partial charge >= 0.3 is 0 Å². The molecule has 0 aliphatic carbocycles.